The predicted molar refractivity (Wildman–Crippen MR) is 133 cm³/mol. The highest BCUT2D eigenvalue weighted by Gasteiger charge is 2.32. The van der Waals surface area contributed by atoms with Crippen molar-refractivity contribution in [1.29, 1.82) is 0 Å². The van der Waals surface area contributed by atoms with Gasteiger partial charge in [-0.3, -0.25) is 14.5 Å². The number of hydrogen-bond donors (Lipinski definition) is 1. The molecule has 1 aromatic carbocycles. The van der Waals surface area contributed by atoms with E-state index in [2.05, 4.69) is 13.8 Å². The van der Waals surface area contributed by atoms with Crippen LogP contribution in [0.1, 0.15) is 71.3 Å². The molecule has 176 valence electrons. The lowest BCUT2D eigenvalue weighted by molar-refractivity contribution is -0.137. The molecule has 8 heteroatoms. The number of carboxylic acids is 1. The smallest absolute Gasteiger partial charge is 0.305 e. The third kappa shape index (κ3) is 8.13. The van der Waals surface area contributed by atoms with Crippen LogP contribution in [0, 0.1) is 0 Å². The Hall–Kier alpha value is -2.06. The number of rotatable bonds is 14. The molecule has 0 saturated carbocycles. The van der Waals surface area contributed by atoms with E-state index in [0.29, 0.717) is 27.3 Å². The summed E-state index contributed by atoms with van der Waals surface area (Å²) in [5, 5.41) is 8.87. The van der Waals surface area contributed by atoms with Gasteiger partial charge in [-0.2, -0.15) is 0 Å². The number of carboxylic acid groups (broad SMARTS) is 1. The lowest BCUT2D eigenvalue weighted by Gasteiger charge is -2.18. The molecular formula is C24H33NO5S2. The molecule has 2 rings (SSSR count). The van der Waals surface area contributed by atoms with Crippen LogP contribution in [0.3, 0.4) is 0 Å². The van der Waals surface area contributed by atoms with E-state index in [9.17, 15) is 9.59 Å². The summed E-state index contributed by atoms with van der Waals surface area (Å²) in [4.78, 5) is 25.2. The topological polar surface area (TPSA) is 76.1 Å². The summed E-state index contributed by atoms with van der Waals surface area (Å²) in [7, 11) is 0. The van der Waals surface area contributed by atoms with Crippen LogP contribution >= 0.6 is 24.0 Å². The van der Waals surface area contributed by atoms with E-state index in [1.54, 1.807) is 6.08 Å². The van der Waals surface area contributed by atoms with Crippen LogP contribution in [0.25, 0.3) is 6.08 Å². The van der Waals surface area contributed by atoms with Crippen LogP contribution in [0.2, 0.25) is 0 Å². The van der Waals surface area contributed by atoms with Gasteiger partial charge >= 0.3 is 5.97 Å². The normalized spacial score (nSPS) is 16.0. The SMILES string of the molecule is CCCCCCCC(C)Oc1ccc(/C=C2\SC(=S)N(CCC(=O)O)C2=O)cc1OCC. The van der Waals surface area contributed by atoms with Crippen molar-refractivity contribution < 1.29 is 24.2 Å². The summed E-state index contributed by atoms with van der Waals surface area (Å²) in [5.74, 6) is 0.103. The fraction of sp³-hybridized carbons (Fsp3) is 0.542. The first-order chi connectivity index (χ1) is 15.3. The Morgan fingerprint density at radius 1 is 1.22 bits per heavy atom. The third-order valence-corrected chi connectivity index (χ3v) is 6.41. The molecule has 6 nitrogen and oxygen atoms in total. The molecule has 0 aliphatic carbocycles. The van der Waals surface area contributed by atoms with Crippen molar-refractivity contribution in [3.8, 4) is 11.5 Å². The fourth-order valence-corrected chi connectivity index (χ4v) is 4.65. The standard InChI is InChI=1S/C24H33NO5S2/c1-4-6-7-8-9-10-17(3)30-19-12-11-18(15-20(19)29-5-2)16-21-23(28)25(24(31)32-21)14-13-22(26)27/h11-12,15-17H,4-10,13-14H2,1-3H3,(H,26,27)/b21-16-. The number of thioether (sulfide) groups is 1. The zero-order valence-corrected chi connectivity index (χ0v) is 20.7. The van der Waals surface area contributed by atoms with E-state index in [1.165, 1.54) is 42.3 Å². The van der Waals surface area contributed by atoms with E-state index in [1.807, 2.05) is 25.1 Å². The quantitative estimate of drug-likeness (QED) is 0.203. The molecule has 1 atom stereocenters. The lowest BCUT2D eigenvalue weighted by Crippen LogP contribution is -2.30. The van der Waals surface area contributed by atoms with Gasteiger partial charge in [0.1, 0.15) is 4.32 Å². The average molecular weight is 480 g/mol. The Bertz CT molecular complexity index is 840. The van der Waals surface area contributed by atoms with Gasteiger partial charge in [-0.05, 0) is 50.5 Å². The van der Waals surface area contributed by atoms with Gasteiger partial charge in [0.25, 0.3) is 5.91 Å². The van der Waals surface area contributed by atoms with Gasteiger partial charge in [0.05, 0.1) is 24.0 Å². The number of carbonyl (C=O) groups is 2. The van der Waals surface area contributed by atoms with Crippen LogP contribution in [0.5, 0.6) is 11.5 Å². The van der Waals surface area contributed by atoms with Crippen molar-refractivity contribution in [2.24, 2.45) is 0 Å². The monoisotopic (exact) mass is 479 g/mol. The van der Waals surface area contributed by atoms with Gasteiger partial charge in [-0.25, -0.2) is 0 Å². The maximum absolute atomic E-state index is 12.6. The molecule has 1 N–H and O–H groups in total. The number of benzene rings is 1. The van der Waals surface area contributed by atoms with Crippen molar-refractivity contribution in [3.05, 3.63) is 28.7 Å². The van der Waals surface area contributed by atoms with Crippen LogP contribution in [0.15, 0.2) is 23.1 Å². The Labute approximate surface area is 200 Å². The number of thiocarbonyl (C=S) groups is 1. The number of unbranched alkanes of at least 4 members (excludes halogenated alkanes) is 4. The van der Waals surface area contributed by atoms with Crippen molar-refractivity contribution in [1.82, 2.24) is 4.90 Å². The van der Waals surface area contributed by atoms with Crippen LogP contribution in [-0.4, -0.2) is 45.5 Å². The molecule has 1 unspecified atom stereocenters. The van der Waals surface area contributed by atoms with E-state index >= 15 is 0 Å². The Morgan fingerprint density at radius 3 is 2.66 bits per heavy atom. The molecule has 1 aliphatic heterocycles. The minimum absolute atomic E-state index is 0.0741. The van der Waals surface area contributed by atoms with Gasteiger partial charge < -0.3 is 14.6 Å². The number of ether oxygens (including phenoxy) is 2. The van der Waals surface area contributed by atoms with Gasteiger partial charge in [0.2, 0.25) is 0 Å². The van der Waals surface area contributed by atoms with Gasteiger partial charge in [0.15, 0.2) is 11.5 Å². The first-order valence-corrected chi connectivity index (χ1v) is 12.5. The second kappa shape index (κ2) is 13.5. The highest BCUT2D eigenvalue weighted by molar-refractivity contribution is 8.26. The van der Waals surface area contributed by atoms with Crippen molar-refractivity contribution in [2.45, 2.75) is 71.8 Å². The second-order valence-electron chi connectivity index (χ2n) is 7.75. The highest BCUT2D eigenvalue weighted by atomic mass is 32.2. The zero-order valence-electron chi connectivity index (χ0n) is 19.1. The molecule has 1 aromatic rings. The Kier molecular flexibility index (Phi) is 11.0. The van der Waals surface area contributed by atoms with Crippen LogP contribution in [-0.2, 0) is 9.59 Å². The summed E-state index contributed by atoms with van der Waals surface area (Å²) >= 11 is 6.43. The average Bonchev–Trinajstić information content (AvgIpc) is 3.00. The molecule has 0 radical (unpaired) electrons. The highest BCUT2D eigenvalue weighted by Crippen LogP contribution is 2.35. The predicted octanol–water partition coefficient (Wildman–Crippen LogP) is 5.89. The molecule has 1 saturated heterocycles. The summed E-state index contributed by atoms with van der Waals surface area (Å²) in [5.41, 5.74) is 0.798. The first kappa shape index (κ1) is 26.2. The second-order valence-corrected chi connectivity index (χ2v) is 9.42. The molecule has 0 aromatic heterocycles. The van der Waals surface area contributed by atoms with Gasteiger partial charge in [0, 0.05) is 6.54 Å². The van der Waals surface area contributed by atoms with Crippen LogP contribution < -0.4 is 9.47 Å². The number of carbonyl (C=O) groups excluding carboxylic acids is 1. The zero-order chi connectivity index (χ0) is 23.5. The molecule has 0 spiro atoms. The molecule has 1 amide bonds. The maximum atomic E-state index is 12.6. The van der Waals surface area contributed by atoms with E-state index in [4.69, 9.17) is 26.8 Å². The minimum atomic E-state index is -0.963. The minimum Gasteiger partial charge on any atom is -0.490 e. The number of nitrogens with zero attached hydrogens (tertiary/aromatic N) is 1. The largest absolute Gasteiger partial charge is 0.490 e. The fourth-order valence-electron chi connectivity index (χ4n) is 3.34. The molecule has 1 heterocycles. The summed E-state index contributed by atoms with van der Waals surface area (Å²) in [6, 6.07) is 5.61. The summed E-state index contributed by atoms with van der Waals surface area (Å²) in [6.07, 6.45) is 8.86. The van der Waals surface area contributed by atoms with E-state index in [-0.39, 0.29) is 25.0 Å². The number of aliphatic carboxylic acids is 1. The molecule has 0 bridgehead atoms. The maximum Gasteiger partial charge on any atom is 0.305 e. The third-order valence-electron chi connectivity index (χ3n) is 5.03. The lowest BCUT2D eigenvalue weighted by atomic mass is 10.1. The molecular weight excluding hydrogens is 446 g/mol. The van der Waals surface area contributed by atoms with E-state index < -0.39 is 5.97 Å². The molecule has 1 aliphatic rings. The van der Waals surface area contributed by atoms with Crippen molar-refractivity contribution >= 4 is 46.3 Å². The Balaban J connectivity index is 2.06. The number of amides is 1. The Morgan fingerprint density at radius 2 is 1.97 bits per heavy atom. The van der Waals surface area contributed by atoms with Crippen molar-refractivity contribution in [3.63, 3.8) is 0 Å². The van der Waals surface area contributed by atoms with Crippen molar-refractivity contribution in [2.75, 3.05) is 13.2 Å². The number of hydrogen-bond acceptors (Lipinski definition) is 6. The summed E-state index contributed by atoms with van der Waals surface area (Å²) in [6.45, 7) is 6.78. The van der Waals surface area contributed by atoms with Gasteiger partial charge in [-0.1, -0.05) is 62.7 Å². The molecule has 32 heavy (non-hydrogen) atoms. The first-order valence-electron chi connectivity index (χ1n) is 11.3. The van der Waals surface area contributed by atoms with E-state index in [0.717, 1.165) is 18.4 Å². The molecule has 1 fully saturated rings. The van der Waals surface area contributed by atoms with Gasteiger partial charge in [-0.15, -0.1) is 0 Å². The summed E-state index contributed by atoms with van der Waals surface area (Å²) < 4.78 is 12.3. The van der Waals surface area contributed by atoms with Crippen LogP contribution in [0.4, 0.5) is 0 Å².